The summed E-state index contributed by atoms with van der Waals surface area (Å²) in [7, 11) is 0. The van der Waals surface area contributed by atoms with Crippen molar-refractivity contribution in [1.82, 2.24) is 4.98 Å². The first kappa shape index (κ1) is 7.71. The molecule has 0 amide bonds. The van der Waals surface area contributed by atoms with E-state index in [1.54, 1.807) is 6.20 Å². The van der Waals surface area contributed by atoms with E-state index in [4.69, 9.17) is 4.74 Å². The van der Waals surface area contributed by atoms with Crippen molar-refractivity contribution >= 4 is 0 Å². The molecule has 2 atom stereocenters. The second-order valence-electron chi connectivity index (χ2n) is 2.97. The molecule has 0 radical (unpaired) electrons. The molecule has 3 heteroatoms. The third-order valence-electron chi connectivity index (χ3n) is 2.12. The highest BCUT2D eigenvalue weighted by Crippen LogP contribution is 2.23. The van der Waals surface area contributed by atoms with Crippen LogP contribution in [0.25, 0.3) is 0 Å². The Balaban J connectivity index is 2.19. The van der Waals surface area contributed by atoms with E-state index in [0.717, 1.165) is 5.69 Å². The molecule has 1 aromatic rings. The van der Waals surface area contributed by atoms with Gasteiger partial charge in [-0.25, -0.2) is 0 Å². The fraction of sp³-hybridized carbons (Fsp3) is 0.444. The number of ether oxygens (including phenoxy) is 1. The summed E-state index contributed by atoms with van der Waals surface area (Å²) in [6.45, 7) is 1.01. The van der Waals surface area contributed by atoms with Gasteiger partial charge in [0.25, 0.3) is 0 Å². The van der Waals surface area contributed by atoms with Gasteiger partial charge in [0.15, 0.2) is 0 Å². The van der Waals surface area contributed by atoms with Crippen LogP contribution in [-0.4, -0.2) is 29.4 Å². The van der Waals surface area contributed by atoms with Crippen molar-refractivity contribution in [1.29, 1.82) is 0 Å². The topological polar surface area (TPSA) is 42.4 Å². The average molecular weight is 165 g/mol. The second-order valence-corrected chi connectivity index (χ2v) is 2.97. The molecule has 2 rings (SSSR count). The smallest absolute Gasteiger partial charge is 0.0879 e. The highest BCUT2D eigenvalue weighted by Gasteiger charge is 2.28. The molecule has 0 unspecified atom stereocenters. The molecule has 0 saturated carbocycles. The van der Waals surface area contributed by atoms with Gasteiger partial charge >= 0.3 is 0 Å². The predicted molar refractivity (Wildman–Crippen MR) is 43.8 cm³/mol. The number of hydrogen-bond donors (Lipinski definition) is 1. The van der Waals surface area contributed by atoms with E-state index < -0.39 is 0 Å². The van der Waals surface area contributed by atoms with E-state index in [2.05, 4.69) is 4.98 Å². The Hall–Kier alpha value is -0.930. The zero-order valence-electron chi connectivity index (χ0n) is 6.68. The van der Waals surface area contributed by atoms with Gasteiger partial charge < -0.3 is 9.84 Å². The minimum absolute atomic E-state index is 0.0613. The van der Waals surface area contributed by atoms with E-state index in [-0.39, 0.29) is 12.0 Å². The minimum atomic E-state index is -0.389. The fourth-order valence-corrected chi connectivity index (χ4v) is 1.42. The van der Waals surface area contributed by atoms with Crippen molar-refractivity contribution in [3.63, 3.8) is 0 Å². The van der Waals surface area contributed by atoms with Gasteiger partial charge in [-0.1, -0.05) is 6.07 Å². The van der Waals surface area contributed by atoms with Gasteiger partial charge in [-0.15, -0.1) is 0 Å². The summed E-state index contributed by atoms with van der Waals surface area (Å²) in [4.78, 5) is 4.17. The van der Waals surface area contributed by atoms with Crippen LogP contribution in [0.4, 0.5) is 0 Å². The summed E-state index contributed by atoms with van der Waals surface area (Å²) in [5.74, 6) is 0.0613. The molecule has 1 aliphatic heterocycles. The predicted octanol–water partition coefficient (Wildman–Crippen LogP) is 0.556. The van der Waals surface area contributed by atoms with Crippen molar-refractivity contribution in [3.05, 3.63) is 30.1 Å². The lowest BCUT2D eigenvalue weighted by Gasteiger charge is -2.10. The molecule has 3 nitrogen and oxygen atoms in total. The maximum absolute atomic E-state index is 9.48. The van der Waals surface area contributed by atoms with Gasteiger partial charge in [0, 0.05) is 11.9 Å². The molecular formula is C9H11NO2. The highest BCUT2D eigenvalue weighted by atomic mass is 16.5. The summed E-state index contributed by atoms with van der Waals surface area (Å²) in [5, 5.41) is 9.48. The number of aliphatic hydroxyl groups excluding tert-OH is 1. The molecule has 1 saturated heterocycles. The second kappa shape index (κ2) is 3.21. The van der Waals surface area contributed by atoms with Crippen LogP contribution in [0.15, 0.2) is 24.4 Å². The Bertz CT molecular complexity index is 250. The monoisotopic (exact) mass is 165 g/mol. The average Bonchev–Trinajstić information content (AvgIpc) is 2.53. The number of nitrogens with zero attached hydrogens (tertiary/aromatic N) is 1. The lowest BCUT2D eigenvalue weighted by Crippen LogP contribution is -2.16. The molecule has 0 spiro atoms. The van der Waals surface area contributed by atoms with Gasteiger partial charge in [0.1, 0.15) is 0 Å². The third kappa shape index (κ3) is 1.33. The Morgan fingerprint density at radius 1 is 1.42 bits per heavy atom. The zero-order valence-corrected chi connectivity index (χ0v) is 6.68. The van der Waals surface area contributed by atoms with Gasteiger partial charge in [-0.3, -0.25) is 4.98 Å². The van der Waals surface area contributed by atoms with E-state index in [1.165, 1.54) is 0 Å². The minimum Gasteiger partial charge on any atom is -0.390 e. The van der Waals surface area contributed by atoms with E-state index >= 15 is 0 Å². The first-order chi connectivity index (χ1) is 5.88. The normalized spacial score (nSPS) is 29.1. The standard InChI is InChI=1S/C9H11NO2/c11-9-6-12-5-7(9)8-3-1-2-4-10-8/h1-4,7,9,11H,5-6H2/t7-,9-/m1/s1. The number of aliphatic hydroxyl groups is 1. The van der Waals surface area contributed by atoms with Gasteiger partial charge in [0.2, 0.25) is 0 Å². The van der Waals surface area contributed by atoms with Crippen LogP contribution >= 0.6 is 0 Å². The molecule has 1 aliphatic rings. The summed E-state index contributed by atoms with van der Waals surface area (Å²) < 4.78 is 5.13. The fourth-order valence-electron chi connectivity index (χ4n) is 1.42. The van der Waals surface area contributed by atoms with E-state index in [1.807, 2.05) is 18.2 Å². The van der Waals surface area contributed by atoms with E-state index in [0.29, 0.717) is 13.2 Å². The maximum Gasteiger partial charge on any atom is 0.0879 e. The van der Waals surface area contributed by atoms with Crippen LogP contribution in [0.3, 0.4) is 0 Å². The van der Waals surface area contributed by atoms with Crippen molar-refractivity contribution in [3.8, 4) is 0 Å². The van der Waals surface area contributed by atoms with Crippen molar-refractivity contribution in [2.45, 2.75) is 12.0 Å². The van der Waals surface area contributed by atoms with Crippen LogP contribution in [0.2, 0.25) is 0 Å². The van der Waals surface area contributed by atoms with Crippen LogP contribution in [0.5, 0.6) is 0 Å². The SMILES string of the molecule is O[C@@H]1COC[C@@H]1c1ccccn1. The van der Waals surface area contributed by atoms with Crippen LogP contribution in [-0.2, 0) is 4.74 Å². The van der Waals surface area contributed by atoms with E-state index in [9.17, 15) is 5.11 Å². The Labute approximate surface area is 71.0 Å². The summed E-state index contributed by atoms with van der Waals surface area (Å²) in [5.41, 5.74) is 0.919. The maximum atomic E-state index is 9.48. The number of rotatable bonds is 1. The van der Waals surface area contributed by atoms with Crippen LogP contribution in [0, 0.1) is 0 Å². The Morgan fingerprint density at radius 3 is 2.92 bits per heavy atom. The lowest BCUT2D eigenvalue weighted by molar-refractivity contribution is 0.124. The van der Waals surface area contributed by atoms with Crippen molar-refractivity contribution in [2.75, 3.05) is 13.2 Å². The molecule has 64 valence electrons. The molecule has 1 aromatic heterocycles. The Morgan fingerprint density at radius 2 is 2.33 bits per heavy atom. The van der Waals surface area contributed by atoms with Crippen LogP contribution in [0.1, 0.15) is 11.6 Å². The third-order valence-corrected chi connectivity index (χ3v) is 2.12. The number of hydrogen-bond acceptors (Lipinski definition) is 3. The number of pyridine rings is 1. The molecule has 2 heterocycles. The molecule has 1 fully saturated rings. The van der Waals surface area contributed by atoms with Gasteiger partial charge in [-0.05, 0) is 12.1 Å². The summed E-state index contributed by atoms with van der Waals surface area (Å²) in [6.07, 6.45) is 1.35. The Kier molecular flexibility index (Phi) is 2.06. The van der Waals surface area contributed by atoms with Crippen LogP contribution < -0.4 is 0 Å². The molecule has 0 bridgehead atoms. The largest absolute Gasteiger partial charge is 0.390 e. The van der Waals surface area contributed by atoms with Gasteiger partial charge in [-0.2, -0.15) is 0 Å². The highest BCUT2D eigenvalue weighted by molar-refractivity contribution is 5.12. The summed E-state index contributed by atoms with van der Waals surface area (Å²) in [6, 6.07) is 5.71. The number of aromatic nitrogens is 1. The molecule has 12 heavy (non-hydrogen) atoms. The van der Waals surface area contributed by atoms with Crippen molar-refractivity contribution in [2.24, 2.45) is 0 Å². The first-order valence-electron chi connectivity index (χ1n) is 4.04. The zero-order chi connectivity index (χ0) is 8.39. The quantitative estimate of drug-likeness (QED) is 0.661. The molecule has 0 aliphatic carbocycles. The van der Waals surface area contributed by atoms with Crippen molar-refractivity contribution < 1.29 is 9.84 Å². The summed E-state index contributed by atoms with van der Waals surface area (Å²) >= 11 is 0. The van der Waals surface area contributed by atoms with Gasteiger partial charge in [0.05, 0.1) is 25.2 Å². The molecular weight excluding hydrogens is 154 g/mol. The molecule has 1 N–H and O–H groups in total. The first-order valence-corrected chi connectivity index (χ1v) is 4.04. The molecule has 0 aromatic carbocycles. The lowest BCUT2D eigenvalue weighted by atomic mass is 10.0.